The summed E-state index contributed by atoms with van der Waals surface area (Å²) >= 11 is 12.1. The Morgan fingerprint density at radius 1 is 1.11 bits per heavy atom. The lowest BCUT2D eigenvalue weighted by Gasteiger charge is -2.33. The highest BCUT2D eigenvalue weighted by atomic mass is 35.5. The van der Waals surface area contributed by atoms with E-state index in [2.05, 4.69) is 16.8 Å². The Labute approximate surface area is 137 Å². The van der Waals surface area contributed by atoms with E-state index in [1.54, 1.807) is 6.07 Å². The molecule has 0 saturated carbocycles. The average molecular weight is 344 g/mol. The molecule has 108 valence electrons. The number of halogens is 4. The molecule has 2 rings (SSSR count). The highest BCUT2D eigenvalue weighted by molar-refractivity contribution is 6.34. The van der Waals surface area contributed by atoms with Crippen molar-refractivity contribution in [3.63, 3.8) is 0 Å². The fraction of sp³-hybridized carbons (Fsp3) is 0.385. The Balaban J connectivity index is 0.00000162. The van der Waals surface area contributed by atoms with E-state index in [9.17, 15) is 0 Å². The molecule has 1 aromatic carbocycles. The second-order valence-corrected chi connectivity index (χ2v) is 5.04. The number of hydrogen-bond donors (Lipinski definition) is 1. The lowest BCUT2D eigenvalue weighted by Crippen LogP contribution is -2.44. The minimum Gasteiger partial charge on any atom is -0.314 e. The molecule has 1 aliphatic rings. The quantitative estimate of drug-likeness (QED) is 0.835. The van der Waals surface area contributed by atoms with Crippen LogP contribution in [0, 0.1) is 0 Å². The predicted molar refractivity (Wildman–Crippen MR) is 88.3 cm³/mol. The van der Waals surface area contributed by atoms with Crippen LogP contribution in [0.3, 0.4) is 0 Å². The highest BCUT2D eigenvalue weighted by Crippen LogP contribution is 2.28. The number of hydrogen-bond acceptors (Lipinski definition) is 2. The van der Waals surface area contributed by atoms with Gasteiger partial charge >= 0.3 is 0 Å². The van der Waals surface area contributed by atoms with Crippen molar-refractivity contribution < 1.29 is 0 Å². The molecule has 0 aromatic heterocycles. The molecule has 1 aliphatic heterocycles. The molecule has 1 N–H and O–H groups in total. The topological polar surface area (TPSA) is 15.3 Å². The van der Waals surface area contributed by atoms with Crippen molar-refractivity contribution in [3.8, 4) is 0 Å². The number of nitrogens with one attached hydrogen (secondary N) is 1. The summed E-state index contributed by atoms with van der Waals surface area (Å²) in [5, 5.41) is 4.69. The van der Waals surface area contributed by atoms with Gasteiger partial charge in [-0.05, 0) is 23.8 Å². The summed E-state index contributed by atoms with van der Waals surface area (Å²) in [5.74, 6) is 0. The van der Waals surface area contributed by atoms with Gasteiger partial charge < -0.3 is 5.32 Å². The Kier molecular flexibility index (Phi) is 9.08. The van der Waals surface area contributed by atoms with E-state index in [0.29, 0.717) is 10.0 Å². The Bertz CT molecular complexity index is 385. The van der Waals surface area contributed by atoms with Crippen LogP contribution in [0.25, 0.3) is 0 Å². The largest absolute Gasteiger partial charge is 0.314 e. The van der Waals surface area contributed by atoms with E-state index < -0.39 is 0 Å². The number of benzene rings is 1. The molecule has 1 atom stereocenters. The van der Waals surface area contributed by atoms with Crippen LogP contribution in [0.5, 0.6) is 0 Å². The molecule has 0 unspecified atom stereocenters. The molecule has 0 aliphatic carbocycles. The third kappa shape index (κ3) is 5.14. The van der Waals surface area contributed by atoms with E-state index in [0.717, 1.165) is 31.7 Å². The van der Waals surface area contributed by atoms with Crippen molar-refractivity contribution >= 4 is 48.0 Å². The van der Waals surface area contributed by atoms with Crippen LogP contribution in [0.15, 0.2) is 30.9 Å². The van der Waals surface area contributed by atoms with Crippen LogP contribution in [0.2, 0.25) is 10.0 Å². The molecular formula is C13H18Cl4N2. The first-order valence-electron chi connectivity index (χ1n) is 5.74. The molecular weight excluding hydrogens is 326 g/mol. The molecule has 1 saturated heterocycles. The van der Waals surface area contributed by atoms with E-state index in [1.807, 2.05) is 18.2 Å². The summed E-state index contributed by atoms with van der Waals surface area (Å²) in [7, 11) is 0. The monoisotopic (exact) mass is 342 g/mol. The molecule has 0 radical (unpaired) electrons. The Hall–Kier alpha value is 0.0400. The molecule has 0 bridgehead atoms. The van der Waals surface area contributed by atoms with Crippen molar-refractivity contribution in [1.29, 1.82) is 0 Å². The van der Waals surface area contributed by atoms with Gasteiger partial charge in [0.25, 0.3) is 0 Å². The van der Waals surface area contributed by atoms with Gasteiger partial charge in [-0.25, -0.2) is 0 Å². The summed E-state index contributed by atoms with van der Waals surface area (Å²) in [5.41, 5.74) is 1.11. The first kappa shape index (κ1) is 19.0. The minimum absolute atomic E-state index is 0. The van der Waals surface area contributed by atoms with Crippen LogP contribution in [-0.2, 0) is 0 Å². The van der Waals surface area contributed by atoms with Crippen LogP contribution >= 0.6 is 48.0 Å². The summed E-state index contributed by atoms with van der Waals surface area (Å²) in [4.78, 5) is 2.38. The van der Waals surface area contributed by atoms with Crippen LogP contribution < -0.4 is 5.32 Å². The van der Waals surface area contributed by atoms with Gasteiger partial charge in [0.15, 0.2) is 0 Å². The van der Waals surface area contributed by atoms with E-state index in [-0.39, 0.29) is 30.9 Å². The normalized spacial score (nSPS) is 16.9. The number of rotatable bonds is 3. The zero-order valence-corrected chi connectivity index (χ0v) is 13.6. The molecule has 1 aromatic rings. The third-order valence-electron chi connectivity index (χ3n) is 2.99. The maximum atomic E-state index is 6.04. The molecule has 0 amide bonds. The van der Waals surface area contributed by atoms with Crippen molar-refractivity contribution in [1.82, 2.24) is 10.2 Å². The van der Waals surface area contributed by atoms with Crippen LogP contribution in [0.1, 0.15) is 11.6 Å². The first-order valence-corrected chi connectivity index (χ1v) is 6.49. The van der Waals surface area contributed by atoms with E-state index in [1.165, 1.54) is 0 Å². The summed E-state index contributed by atoms with van der Waals surface area (Å²) in [6.45, 7) is 7.98. The van der Waals surface area contributed by atoms with Gasteiger partial charge in [0.1, 0.15) is 0 Å². The maximum absolute atomic E-state index is 6.04. The van der Waals surface area contributed by atoms with Gasteiger partial charge in [-0.2, -0.15) is 0 Å². The zero-order valence-electron chi connectivity index (χ0n) is 10.4. The van der Waals surface area contributed by atoms with Gasteiger partial charge in [0, 0.05) is 36.2 Å². The SMILES string of the molecule is C=C[C@@H](c1cc(Cl)cc(Cl)c1)N1CCNCC1.Cl.Cl. The Morgan fingerprint density at radius 3 is 2.11 bits per heavy atom. The van der Waals surface area contributed by atoms with Gasteiger partial charge in [0.2, 0.25) is 0 Å². The molecule has 1 fully saturated rings. The van der Waals surface area contributed by atoms with E-state index in [4.69, 9.17) is 23.2 Å². The van der Waals surface area contributed by atoms with Gasteiger partial charge in [-0.1, -0.05) is 29.3 Å². The van der Waals surface area contributed by atoms with Crippen molar-refractivity contribution in [2.24, 2.45) is 0 Å². The van der Waals surface area contributed by atoms with Crippen LogP contribution in [-0.4, -0.2) is 31.1 Å². The molecule has 6 heteroatoms. The highest BCUT2D eigenvalue weighted by Gasteiger charge is 2.19. The second-order valence-electron chi connectivity index (χ2n) is 4.17. The summed E-state index contributed by atoms with van der Waals surface area (Å²) in [6, 6.07) is 5.86. The maximum Gasteiger partial charge on any atom is 0.0531 e. The lowest BCUT2D eigenvalue weighted by atomic mass is 10.0. The Morgan fingerprint density at radius 2 is 1.63 bits per heavy atom. The first-order chi connectivity index (χ1) is 8.20. The van der Waals surface area contributed by atoms with Crippen molar-refractivity contribution in [2.75, 3.05) is 26.2 Å². The zero-order chi connectivity index (χ0) is 12.3. The third-order valence-corrected chi connectivity index (χ3v) is 3.43. The van der Waals surface area contributed by atoms with Gasteiger partial charge in [-0.3, -0.25) is 4.90 Å². The number of piperazine rings is 1. The minimum atomic E-state index is 0. The van der Waals surface area contributed by atoms with Crippen LogP contribution in [0.4, 0.5) is 0 Å². The molecule has 0 spiro atoms. The van der Waals surface area contributed by atoms with Gasteiger partial charge in [0.05, 0.1) is 6.04 Å². The summed E-state index contributed by atoms with van der Waals surface area (Å²) < 4.78 is 0. The van der Waals surface area contributed by atoms with Gasteiger partial charge in [-0.15, -0.1) is 31.4 Å². The van der Waals surface area contributed by atoms with Crippen molar-refractivity contribution in [3.05, 3.63) is 46.5 Å². The molecule has 19 heavy (non-hydrogen) atoms. The second kappa shape index (κ2) is 9.06. The fourth-order valence-corrected chi connectivity index (χ4v) is 2.75. The molecule has 1 heterocycles. The van der Waals surface area contributed by atoms with E-state index >= 15 is 0 Å². The smallest absolute Gasteiger partial charge is 0.0531 e. The molecule has 2 nitrogen and oxygen atoms in total. The van der Waals surface area contributed by atoms with Crippen molar-refractivity contribution in [2.45, 2.75) is 6.04 Å². The standard InChI is InChI=1S/C13H16Cl2N2.2ClH/c1-2-13(17-5-3-16-4-6-17)10-7-11(14)9-12(15)8-10;;/h2,7-9,13,16H,1,3-6H2;2*1H/t13-;;/m0../s1. The lowest BCUT2D eigenvalue weighted by molar-refractivity contribution is 0.203. The average Bonchev–Trinajstić information content (AvgIpc) is 2.30. The number of nitrogens with zero attached hydrogens (tertiary/aromatic N) is 1. The summed E-state index contributed by atoms with van der Waals surface area (Å²) in [6.07, 6.45) is 1.95. The fourth-order valence-electron chi connectivity index (χ4n) is 2.20. The predicted octanol–water partition coefficient (Wildman–Crippen LogP) is 3.97.